The van der Waals surface area contributed by atoms with Crippen molar-refractivity contribution in [2.45, 2.75) is 102 Å². The van der Waals surface area contributed by atoms with Crippen molar-refractivity contribution in [2.75, 3.05) is 25.5 Å². The Labute approximate surface area is 174 Å². The Morgan fingerprint density at radius 2 is 1.62 bits per heavy atom. The Kier molecular flexibility index (Phi) is 12.2. The molecule has 0 aromatic carbocycles. The normalized spacial score (nSPS) is 18.7. The highest BCUT2D eigenvalue weighted by molar-refractivity contribution is 7.81. The van der Waals surface area contributed by atoms with Crippen LogP contribution in [-0.4, -0.2) is 35.8 Å². The molecular weight excluding hydrogens is 360 g/mol. The first kappa shape index (κ1) is 24.6. The van der Waals surface area contributed by atoms with E-state index in [4.69, 9.17) is 24.2 Å². The van der Waals surface area contributed by atoms with Gasteiger partial charge in [0.2, 0.25) is 0 Å². The van der Waals surface area contributed by atoms with Crippen molar-refractivity contribution in [2.24, 2.45) is 11.8 Å². The summed E-state index contributed by atoms with van der Waals surface area (Å²) in [6.45, 7) is 12.6. The summed E-state index contributed by atoms with van der Waals surface area (Å²) in [5, 5.41) is 7.26. The van der Waals surface area contributed by atoms with Crippen LogP contribution in [-0.2, 0) is 0 Å². The van der Waals surface area contributed by atoms with Crippen LogP contribution in [0.15, 0.2) is 0 Å². The molecule has 156 valence electrons. The van der Waals surface area contributed by atoms with Gasteiger partial charge < -0.3 is 10.6 Å². The van der Waals surface area contributed by atoms with Gasteiger partial charge in [-0.3, -0.25) is 0 Å². The lowest BCUT2D eigenvalue weighted by molar-refractivity contribution is 0.329. The monoisotopic (exact) mass is 404 g/mol. The minimum Gasteiger partial charge on any atom is -0.316 e. The lowest BCUT2D eigenvalue weighted by atomic mass is 9.92. The summed E-state index contributed by atoms with van der Waals surface area (Å²) in [6.07, 6.45) is 13.1. The Morgan fingerprint density at radius 3 is 2.23 bits per heavy atom. The van der Waals surface area contributed by atoms with E-state index in [1.54, 1.807) is 0 Å². The van der Waals surface area contributed by atoms with Crippen LogP contribution in [0.1, 0.15) is 91.9 Å². The van der Waals surface area contributed by atoms with Crippen LogP contribution in [0.2, 0.25) is 0 Å². The molecule has 0 heterocycles. The summed E-state index contributed by atoms with van der Waals surface area (Å²) >= 11 is 10.8. The lowest BCUT2D eigenvalue weighted by Crippen LogP contribution is -2.41. The number of hydrogen-bond donors (Lipinski definition) is 3. The van der Waals surface area contributed by atoms with E-state index in [1.807, 2.05) is 0 Å². The highest BCUT2D eigenvalue weighted by Gasteiger charge is 2.21. The van der Waals surface area contributed by atoms with Gasteiger partial charge in [0, 0.05) is 16.2 Å². The van der Waals surface area contributed by atoms with Gasteiger partial charge in [0.25, 0.3) is 0 Å². The topological polar surface area (TPSA) is 24.1 Å². The van der Waals surface area contributed by atoms with Gasteiger partial charge >= 0.3 is 0 Å². The van der Waals surface area contributed by atoms with Gasteiger partial charge in [0.05, 0.1) is 0 Å². The van der Waals surface area contributed by atoms with Gasteiger partial charge in [-0.05, 0) is 83.8 Å². The van der Waals surface area contributed by atoms with Gasteiger partial charge in [-0.2, -0.15) is 12.6 Å². The van der Waals surface area contributed by atoms with Crippen molar-refractivity contribution in [1.82, 2.24) is 10.6 Å². The van der Waals surface area contributed by atoms with Crippen molar-refractivity contribution in [3.8, 4) is 0 Å². The average Bonchev–Trinajstić information content (AvgIpc) is 3.39. The molecule has 0 aromatic rings. The number of unbranched alkanes of at least 4 members (excludes halogenated alkanes) is 3. The second-order valence-electron chi connectivity index (χ2n) is 9.69. The standard InChI is InChI=1S/C22H45ClN2S/c1-19(16-23)17-25-21(2,3)12-6-5-7-13-22(4,26)14-8-9-15-24-18-20-10-11-20/h19-20,24-26H,5-18H2,1-4H3. The molecule has 0 aromatic heterocycles. The summed E-state index contributed by atoms with van der Waals surface area (Å²) < 4.78 is 0.208. The predicted molar refractivity (Wildman–Crippen MR) is 122 cm³/mol. The van der Waals surface area contributed by atoms with Crippen LogP contribution in [0.3, 0.4) is 0 Å². The number of thiol groups is 1. The summed E-state index contributed by atoms with van der Waals surface area (Å²) in [7, 11) is 0. The van der Waals surface area contributed by atoms with Crippen LogP contribution in [0, 0.1) is 11.8 Å². The van der Waals surface area contributed by atoms with Crippen molar-refractivity contribution in [3.63, 3.8) is 0 Å². The van der Waals surface area contributed by atoms with Crippen molar-refractivity contribution in [1.29, 1.82) is 0 Å². The first-order valence-corrected chi connectivity index (χ1v) is 12.0. The summed E-state index contributed by atoms with van der Waals surface area (Å²) in [5.74, 6) is 2.28. The van der Waals surface area contributed by atoms with Crippen molar-refractivity contribution >= 4 is 24.2 Å². The van der Waals surface area contributed by atoms with E-state index >= 15 is 0 Å². The third-order valence-corrected chi connectivity index (χ3v) is 6.63. The fourth-order valence-electron chi connectivity index (χ4n) is 3.35. The second kappa shape index (κ2) is 12.9. The van der Waals surface area contributed by atoms with E-state index in [1.165, 1.54) is 77.3 Å². The predicted octanol–water partition coefficient (Wildman–Crippen LogP) is 6.04. The molecule has 26 heavy (non-hydrogen) atoms. The largest absolute Gasteiger partial charge is 0.316 e. The Balaban J connectivity index is 1.98. The number of rotatable bonds is 17. The maximum Gasteiger partial charge on any atom is 0.0261 e. The van der Waals surface area contributed by atoms with Gasteiger partial charge in [0.15, 0.2) is 0 Å². The quantitative estimate of drug-likeness (QED) is 0.156. The fraction of sp³-hybridized carbons (Fsp3) is 1.00. The van der Waals surface area contributed by atoms with Gasteiger partial charge in [-0.15, -0.1) is 11.6 Å². The summed E-state index contributed by atoms with van der Waals surface area (Å²) in [6, 6.07) is 0. The first-order chi connectivity index (χ1) is 12.2. The summed E-state index contributed by atoms with van der Waals surface area (Å²) in [4.78, 5) is 0. The highest BCUT2D eigenvalue weighted by atomic mass is 35.5. The number of halogens is 1. The second-order valence-corrected chi connectivity index (χ2v) is 11.1. The van der Waals surface area contributed by atoms with Gasteiger partial charge in [0.1, 0.15) is 0 Å². The molecule has 1 aliphatic carbocycles. The molecule has 1 aliphatic rings. The molecule has 1 rings (SSSR count). The zero-order valence-electron chi connectivity index (χ0n) is 17.9. The van der Waals surface area contributed by atoms with Crippen molar-refractivity contribution < 1.29 is 0 Å². The van der Waals surface area contributed by atoms with Crippen LogP contribution in [0.4, 0.5) is 0 Å². The van der Waals surface area contributed by atoms with E-state index in [9.17, 15) is 0 Å². The molecular formula is C22H45ClN2S. The van der Waals surface area contributed by atoms with Crippen LogP contribution in [0.25, 0.3) is 0 Å². The van der Waals surface area contributed by atoms with Crippen LogP contribution in [0.5, 0.6) is 0 Å². The molecule has 0 saturated heterocycles. The molecule has 1 fully saturated rings. The first-order valence-electron chi connectivity index (χ1n) is 11.0. The third-order valence-electron chi connectivity index (χ3n) is 5.66. The Hall–Kier alpha value is 0.560. The van der Waals surface area contributed by atoms with E-state index in [-0.39, 0.29) is 10.3 Å². The molecule has 2 atom stereocenters. The lowest BCUT2D eigenvalue weighted by Gasteiger charge is -2.28. The number of alkyl halides is 1. The Morgan fingerprint density at radius 1 is 1.00 bits per heavy atom. The maximum atomic E-state index is 5.89. The van der Waals surface area contributed by atoms with E-state index in [2.05, 4.69) is 38.3 Å². The molecule has 0 aliphatic heterocycles. The molecule has 4 heteroatoms. The molecule has 1 saturated carbocycles. The highest BCUT2D eigenvalue weighted by Crippen LogP contribution is 2.29. The Bertz CT molecular complexity index is 356. The van der Waals surface area contributed by atoms with Crippen LogP contribution < -0.4 is 10.6 Å². The number of hydrogen-bond acceptors (Lipinski definition) is 3. The minimum absolute atomic E-state index is 0.208. The molecule has 0 radical (unpaired) electrons. The summed E-state index contributed by atoms with van der Waals surface area (Å²) in [5.41, 5.74) is 0.220. The molecule has 2 nitrogen and oxygen atoms in total. The zero-order valence-corrected chi connectivity index (χ0v) is 19.5. The minimum atomic E-state index is 0.208. The van der Waals surface area contributed by atoms with Crippen LogP contribution >= 0.6 is 24.2 Å². The number of nitrogens with one attached hydrogen (secondary N) is 2. The molecule has 0 spiro atoms. The molecule has 0 amide bonds. The molecule has 2 unspecified atom stereocenters. The van der Waals surface area contributed by atoms with Crippen molar-refractivity contribution in [3.05, 3.63) is 0 Å². The van der Waals surface area contributed by atoms with E-state index in [0.717, 1.165) is 18.3 Å². The van der Waals surface area contributed by atoms with Gasteiger partial charge in [-0.25, -0.2) is 0 Å². The molecule has 0 bridgehead atoms. The maximum absolute atomic E-state index is 5.89. The smallest absolute Gasteiger partial charge is 0.0261 e. The average molecular weight is 405 g/mol. The SMILES string of the molecule is CC(CCl)CNC(C)(C)CCCCCC(C)(S)CCCCNCC1CC1. The molecule has 2 N–H and O–H groups in total. The fourth-order valence-corrected chi connectivity index (χ4v) is 3.78. The van der Waals surface area contributed by atoms with E-state index < -0.39 is 0 Å². The third kappa shape index (κ3) is 13.7. The van der Waals surface area contributed by atoms with E-state index in [0.29, 0.717) is 5.92 Å². The van der Waals surface area contributed by atoms with Gasteiger partial charge in [-0.1, -0.05) is 39.5 Å². The zero-order chi connectivity index (χ0) is 19.5.